The summed E-state index contributed by atoms with van der Waals surface area (Å²) < 4.78 is 4.90. The van der Waals surface area contributed by atoms with Crippen molar-refractivity contribution in [3.8, 4) is 0 Å². The number of carbonyl (C=O) groups is 2. The first-order valence-corrected chi connectivity index (χ1v) is 4.27. The molecule has 0 aliphatic carbocycles. The van der Waals surface area contributed by atoms with Crippen molar-refractivity contribution in [1.82, 2.24) is 0 Å². The third-order valence-electron chi connectivity index (χ3n) is 1.02. The molecule has 0 aromatic rings. The Hall–Kier alpha value is -0.620. The molecule has 0 fully saturated rings. The summed E-state index contributed by atoms with van der Waals surface area (Å²) in [6, 6.07) is 0. The van der Waals surface area contributed by atoms with E-state index in [9.17, 15) is 9.59 Å². The topological polar surface area (TPSA) is 83.8 Å². The van der Waals surface area contributed by atoms with Gasteiger partial charge in [0.25, 0.3) is 0 Å². The predicted molar refractivity (Wildman–Crippen MR) is 56.8 cm³/mol. The van der Waals surface area contributed by atoms with E-state index >= 15 is 0 Å². The zero-order valence-corrected chi connectivity index (χ0v) is 11.5. The molecule has 0 aliphatic rings. The molecule has 0 bridgehead atoms. The second-order valence-electron chi connectivity index (χ2n) is 2.40. The van der Waals surface area contributed by atoms with Crippen LogP contribution >= 0.6 is 0 Å². The Labute approximate surface area is 119 Å². The largest absolute Gasteiger partial charge is 1.00 e. The number of ether oxygens (including phenoxy) is 1. The zero-order chi connectivity index (χ0) is 12.1. The number of carboxylic acids is 2. The molecule has 0 aromatic carbocycles. The molecule has 0 saturated carbocycles. The van der Waals surface area contributed by atoms with Gasteiger partial charge in [-0.2, -0.15) is 0 Å². The first-order valence-electron chi connectivity index (χ1n) is 4.27. The third-order valence-corrected chi connectivity index (χ3v) is 1.02. The summed E-state index contributed by atoms with van der Waals surface area (Å²) in [6.45, 7) is 8.18. The van der Waals surface area contributed by atoms with Gasteiger partial charge in [0.05, 0.1) is 26.1 Å². The zero-order valence-electron chi connectivity index (χ0n) is 10.5. The molecule has 0 unspecified atom stereocenters. The monoisotopic (exact) mass is 240 g/mol. The number of hydrogen-bond donors (Lipinski definition) is 2. The van der Waals surface area contributed by atoms with Gasteiger partial charge in [-0.15, -0.1) is 13.2 Å². The van der Waals surface area contributed by atoms with Gasteiger partial charge in [0.15, 0.2) is 0 Å². The van der Waals surface area contributed by atoms with Crippen molar-refractivity contribution >= 4 is 11.9 Å². The molecule has 0 spiro atoms. The van der Waals surface area contributed by atoms with Crippen LogP contribution < -0.4 is 29.6 Å². The Morgan fingerprint density at radius 1 is 1.06 bits per heavy atom. The van der Waals surface area contributed by atoms with E-state index in [1.807, 2.05) is 0 Å². The van der Waals surface area contributed by atoms with Crippen LogP contribution in [0.1, 0.15) is 14.3 Å². The Balaban J connectivity index is -0.0000000896. The predicted octanol–water partition coefficient (Wildman–Crippen LogP) is -1.57. The van der Waals surface area contributed by atoms with E-state index in [4.69, 9.17) is 14.9 Å². The van der Waals surface area contributed by atoms with E-state index in [0.29, 0.717) is 13.2 Å². The van der Waals surface area contributed by atoms with Crippen LogP contribution in [0.15, 0.2) is 25.3 Å². The Bertz CT molecular complexity index is 199. The van der Waals surface area contributed by atoms with Crippen molar-refractivity contribution in [1.29, 1.82) is 0 Å². The smallest absolute Gasteiger partial charge is 1.00 e. The molecular formula is C10H17NaO5. The second-order valence-corrected chi connectivity index (χ2v) is 2.40. The van der Waals surface area contributed by atoms with Crippen LogP contribution in [0.25, 0.3) is 0 Å². The number of aliphatic carboxylic acids is 2. The third kappa shape index (κ3) is 29.2. The van der Waals surface area contributed by atoms with Crippen molar-refractivity contribution in [2.24, 2.45) is 0 Å². The minimum atomic E-state index is -1.08. The van der Waals surface area contributed by atoms with Gasteiger partial charge in [-0.25, -0.2) is 0 Å². The maximum Gasteiger partial charge on any atom is 1.00 e. The van der Waals surface area contributed by atoms with E-state index in [2.05, 4.69) is 13.2 Å². The summed E-state index contributed by atoms with van der Waals surface area (Å²) in [5, 5.41) is 15.8. The molecule has 16 heavy (non-hydrogen) atoms. The fourth-order valence-electron chi connectivity index (χ4n) is 0.449. The first-order chi connectivity index (χ1) is 7.04. The van der Waals surface area contributed by atoms with Crippen molar-refractivity contribution < 1.29 is 55.5 Å². The quantitative estimate of drug-likeness (QED) is 0.319. The van der Waals surface area contributed by atoms with E-state index in [1.54, 1.807) is 12.2 Å². The van der Waals surface area contributed by atoms with Gasteiger partial charge in [0.1, 0.15) is 0 Å². The molecule has 88 valence electrons. The Morgan fingerprint density at radius 3 is 1.56 bits per heavy atom. The molecule has 0 radical (unpaired) electrons. The summed E-state index contributed by atoms with van der Waals surface area (Å²) in [5.41, 5.74) is 0. The molecule has 0 aliphatic heterocycles. The van der Waals surface area contributed by atoms with Gasteiger partial charge in [-0.1, -0.05) is 12.2 Å². The van der Waals surface area contributed by atoms with Crippen LogP contribution in [-0.4, -0.2) is 35.4 Å². The summed E-state index contributed by atoms with van der Waals surface area (Å²) in [7, 11) is 0. The average molecular weight is 240 g/mol. The van der Waals surface area contributed by atoms with Crippen molar-refractivity contribution in [3.63, 3.8) is 0 Å². The van der Waals surface area contributed by atoms with E-state index in [1.165, 1.54) is 0 Å². The van der Waals surface area contributed by atoms with E-state index < -0.39 is 11.9 Å². The Kier molecular flexibility index (Phi) is 21.8. The normalized spacial score (nSPS) is 7.75. The second kappa shape index (κ2) is 16.8. The maximum absolute atomic E-state index is 9.64. The first kappa shape index (κ1) is 20.8. The summed E-state index contributed by atoms with van der Waals surface area (Å²) in [5.74, 6) is -2.15. The summed E-state index contributed by atoms with van der Waals surface area (Å²) in [6.07, 6.45) is 2.83. The van der Waals surface area contributed by atoms with Crippen molar-refractivity contribution in [3.05, 3.63) is 25.3 Å². The van der Waals surface area contributed by atoms with Gasteiger partial charge < -0.3 is 16.4 Å². The van der Waals surface area contributed by atoms with Crippen molar-refractivity contribution in [2.75, 3.05) is 13.2 Å². The molecule has 0 amide bonds. The maximum atomic E-state index is 9.64. The fraction of sp³-hybridized carbons (Fsp3) is 0.400. The van der Waals surface area contributed by atoms with Crippen LogP contribution in [0.3, 0.4) is 0 Å². The van der Waals surface area contributed by atoms with Crippen LogP contribution in [0.2, 0.25) is 0 Å². The van der Waals surface area contributed by atoms with E-state index in [0.717, 1.165) is 0 Å². The minimum absolute atomic E-state index is 0. The standard InChI is InChI=1S/C6H10O.C4H6O4.Na.H/c1-3-5-7-6-4-2;5-3(6)1-2-4(7)8;;/h3-4H,1-2,5-6H2;1-2H2,(H,5,6)(H,7,8);;/q;;+1;-1. The fourth-order valence-corrected chi connectivity index (χ4v) is 0.449. The van der Waals surface area contributed by atoms with Crippen LogP contribution in [-0.2, 0) is 14.3 Å². The number of hydrogen-bond acceptors (Lipinski definition) is 3. The van der Waals surface area contributed by atoms with Gasteiger partial charge in [-0.3, -0.25) is 9.59 Å². The number of carboxylic acid groups (broad SMARTS) is 2. The van der Waals surface area contributed by atoms with Gasteiger partial charge in [0, 0.05) is 0 Å². The van der Waals surface area contributed by atoms with E-state index in [-0.39, 0.29) is 43.8 Å². The van der Waals surface area contributed by atoms with Crippen LogP contribution in [0, 0.1) is 0 Å². The number of rotatable bonds is 7. The SMILES string of the molecule is C=CCOCC=C.O=C(O)CCC(=O)O.[H-].[Na+]. The molecule has 5 nitrogen and oxygen atoms in total. The Morgan fingerprint density at radius 2 is 1.38 bits per heavy atom. The summed E-state index contributed by atoms with van der Waals surface area (Å²) in [4.78, 5) is 19.3. The molecule has 6 heteroatoms. The van der Waals surface area contributed by atoms with Gasteiger partial charge in [0.2, 0.25) is 0 Å². The molecule has 0 aromatic heterocycles. The molecule has 2 N–H and O–H groups in total. The van der Waals surface area contributed by atoms with Gasteiger partial charge >= 0.3 is 41.5 Å². The van der Waals surface area contributed by atoms with Gasteiger partial charge in [-0.05, 0) is 0 Å². The van der Waals surface area contributed by atoms with Crippen LogP contribution in [0.4, 0.5) is 0 Å². The molecule has 0 rings (SSSR count). The van der Waals surface area contributed by atoms with Crippen molar-refractivity contribution in [2.45, 2.75) is 12.8 Å². The summed E-state index contributed by atoms with van der Waals surface area (Å²) >= 11 is 0. The molecular weight excluding hydrogens is 223 g/mol. The molecule has 0 heterocycles. The molecule has 0 atom stereocenters. The minimum Gasteiger partial charge on any atom is -1.00 e. The average Bonchev–Trinajstić information content (AvgIpc) is 2.17. The molecule has 0 saturated heterocycles. The van der Waals surface area contributed by atoms with Crippen LogP contribution in [0.5, 0.6) is 0 Å².